The van der Waals surface area contributed by atoms with Crippen molar-refractivity contribution in [2.75, 3.05) is 13.1 Å². The summed E-state index contributed by atoms with van der Waals surface area (Å²) in [5, 5.41) is 43.6. The molecule has 2 aliphatic rings. The third-order valence-electron chi connectivity index (χ3n) is 5.61. The van der Waals surface area contributed by atoms with Gasteiger partial charge in [-0.05, 0) is 55.8 Å². The van der Waals surface area contributed by atoms with Gasteiger partial charge in [0.25, 0.3) is 0 Å². The number of phenols is 2. The Kier molecular flexibility index (Phi) is 8.54. The molecule has 0 radical (unpaired) electrons. The van der Waals surface area contributed by atoms with E-state index in [1.54, 1.807) is 6.07 Å². The summed E-state index contributed by atoms with van der Waals surface area (Å²) in [6, 6.07) is 5.10. The molecule has 3 rings (SSSR count). The van der Waals surface area contributed by atoms with Crippen LogP contribution < -0.4 is 10.6 Å². The van der Waals surface area contributed by atoms with E-state index in [2.05, 4.69) is 10.6 Å². The van der Waals surface area contributed by atoms with Gasteiger partial charge >= 0.3 is 5.97 Å². The second kappa shape index (κ2) is 10.6. The summed E-state index contributed by atoms with van der Waals surface area (Å²) in [7, 11) is 0. The molecule has 6 N–H and O–H groups in total. The first-order valence-electron chi connectivity index (χ1n) is 10.2. The first-order valence-corrected chi connectivity index (χ1v) is 10.2. The van der Waals surface area contributed by atoms with Crippen molar-refractivity contribution < 1.29 is 25.2 Å². The number of hydrogen-bond acceptors (Lipinski definition) is 6. The molecule has 1 aromatic carbocycles. The molecule has 7 nitrogen and oxygen atoms in total. The zero-order valence-corrected chi connectivity index (χ0v) is 16.8. The van der Waals surface area contributed by atoms with E-state index >= 15 is 0 Å². The highest BCUT2D eigenvalue weighted by Gasteiger charge is 2.38. The minimum atomic E-state index is -0.682. The second-order valence-corrected chi connectivity index (χ2v) is 8.07. The molecule has 1 aliphatic heterocycles. The van der Waals surface area contributed by atoms with Gasteiger partial charge in [-0.2, -0.15) is 0 Å². The van der Waals surface area contributed by atoms with Crippen molar-refractivity contribution in [1.82, 2.24) is 10.6 Å². The first kappa shape index (κ1) is 22.5. The Morgan fingerprint density at radius 1 is 1.18 bits per heavy atom. The smallest absolute Gasteiger partial charge is 0.306 e. The fourth-order valence-electron chi connectivity index (χ4n) is 4.07. The van der Waals surface area contributed by atoms with Crippen LogP contribution in [0.2, 0.25) is 0 Å². The molecule has 28 heavy (non-hydrogen) atoms. The van der Waals surface area contributed by atoms with Crippen LogP contribution in [0.3, 0.4) is 0 Å². The summed E-state index contributed by atoms with van der Waals surface area (Å²) in [4.78, 5) is 11.0. The second-order valence-electron chi connectivity index (χ2n) is 8.07. The van der Waals surface area contributed by atoms with Crippen LogP contribution in [0.4, 0.5) is 0 Å². The standard InChI is InChI=1S/C11H17NO3.C10H17NO2/c1-7(2)12-6-11(15)8-3-4-9(13)10(14)5-8;12-10(13)8-3-1-5-9-7(8)4-2-6-11-9/h3-5,7,11-15H,6H2,1-2H3;7-9,11H,1-6H2,(H,12,13)/t;7?,8-,9?/m.1/s1. The highest BCUT2D eigenvalue weighted by atomic mass is 16.4. The molecule has 0 spiro atoms. The number of carbonyl (C=O) groups is 1. The number of aliphatic carboxylic acids is 1. The summed E-state index contributed by atoms with van der Waals surface area (Å²) in [6.45, 7) is 5.47. The van der Waals surface area contributed by atoms with E-state index in [1.807, 2.05) is 13.8 Å². The highest BCUT2D eigenvalue weighted by molar-refractivity contribution is 5.70. The maximum Gasteiger partial charge on any atom is 0.306 e. The van der Waals surface area contributed by atoms with Gasteiger partial charge in [0.2, 0.25) is 0 Å². The van der Waals surface area contributed by atoms with Gasteiger partial charge in [-0.3, -0.25) is 4.79 Å². The Balaban J connectivity index is 0.000000202. The lowest BCUT2D eigenvalue weighted by Crippen LogP contribution is -2.48. The summed E-state index contributed by atoms with van der Waals surface area (Å²) >= 11 is 0. The lowest BCUT2D eigenvalue weighted by atomic mass is 9.72. The molecule has 0 aromatic heterocycles. The van der Waals surface area contributed by atoms with E-state index in [-0.39, 0.29) is 17.4 Å². The van der Waals surface area contributed by atoms with Crippen LogP contribution in [0.1, 0.15) is 57.6 Å². The number of carboxylic acid groups (broad SMARTS) is 1. The van der Waals surface area contributed by atoms with Gasteiger partial charge in [0.1, 0.15) is 0 Å². The fraction of sp³-hybridized carbons (Fsp3) is 0.667. The summed E-state index contributed by atoms with van der Waals surface area (Å²) in [5.41, 5.74) is 0.582. The Morgan fingerprint density at radius 3 is 2.57 bits per heavy atom. The van der Waals surface area contributed by atoms with Crippen molar-refractivity contribution in [2.24, 2.45) is 11.8 Å². The highest BCUT2D eigenvalue weighted by Crippen LogP contribution is 2.35. The van der Waals surface area contributed by atoms with E-state index < -0.39 is 12.1 Å². The van der Waals surface area contributed by atoms with Crippen LogP contribution >= 0.6 is 0 Å². The molecule has 0 amide bonds. The Hall–Kier alpha value is -1.83. The molecule has 3 unspecified atom stereocenters. The number of benzene rings is 1. The number of aromatic hydroxyl groups is 2. The van der Waals surface area contributed by atoms with Crippen LogP contribution in [-0.2, 0) is 4.79 Å². The molecule has 1 aromatic rings. The molecule has 4 atom stereocenters. The fourth-order valence-corrected chi connectivity index (χ4v) is 4.07. The average Bonchev–Trinajstić information content (AvgIpc) is 2.68. The lowest BCUT2D eigenvalue weighted by Gasteiger charge is -2.40. The quantitative estimate of drug-likeness (QED) is 0.424. The van der Waals surface area contributed by atoms with Gasteiger partial charge < -0.3 is 31.1 Å². The maximum atomic E-state index is 11.0. The minimum Gasteiger partial charge on any atom is -0.504 e. The van der Waals surface area contributed by atoms with E-state index in [0.29, 0.717) is 30.1 Å². The molecular weight excluding hydrogens is 360 g/mol. The number of hydrogen-bond donors (Lipinski definition) is 6. The van der Waals surface area contributed by atoms with E-state index in [9.17, 15) is 15.0 Å². The third kappa shape index (κ3) is 6.36. The van der Waals surface area contributed by atoms with Gasteiger partial charge in [0.15, 0.2) is 11.5 Å². The van der Waals surface area contributed by atoms with Crippen molar-refractivity contribution in [3.05, 3.63) is 23.8 Å². The van der Waals surface area contributed by atoms with Gasteiger partial charge in [-0.15, -0.1) is 0 Å². The summed E-state index contributed by atoms with van der Waals surface area (Å²) in [5.74, 6) is -0.649. The molecule has 0 bridgehead atoms. The number of aliphatic hydroxyl groups is 1. The topological polar surface area (TPSA) is 122 Å². The monoisotopic (exact) mass is 394 g/mol. The maximum absolute atomic E-state index is 11.0. The van der Waals surface area contributed by atoms with Gasteiger partial charge in [0.05, 0.1) is 12.0 Å². The van der Waals surface area contributed by atoms with Crippen molar-refractivity contribution >= 4 is 5.97 Å². The normalized spacial score (nSPS) is 25.4. The zero-order chi connectivity index (χ0) is 20.7. The largest absolute Gasteiger partial charge is 0.504 e. The van der Waals surface area contributed by atoms with Gasteiger partial charge in [0, 0.05) is 18.6 Å². The third-order valence-corrected chi connectivity index (χ3v) is 5.61. The van der Waals surface area contributed by atoms with Crippen LogP contribution in [-0.4, -0.2) is 51.6 Å². The number of rotatable bonds is 5. The summed E-state index contributed by atoms with van der Waals surface area (Å²) in [6.07, 6.45) is 4.70. The van der Waals surface area contributed by atoms with E-state index in [0.717, 1.165) is 32.2 Å². The Morgan fingerprint density at radius 2 is 1.93 bits per heavy atom. The molecule has 7 heteroatoms. The molecule has 1 aliphatic carbocycles. The van der Waals surface area contributed by atoms with E-state index in [1.165, 1.54) is 18.6 Å². The van der Waals surface area contributed by atoms with Gasteiger partial charge in [-0.1, -0.05) is 26.3 Å². The number of aliphatic hydroxyl groups excluding tert-OH is 1. The molecule has 1 saturated carbocycles. The number of fused-ring (bicyclic) bond motifs is 1. The molecule has 158 valence electrons. The number of carboxylic acids is 1. The van der Waals surface area contributed by atoms with Crippen LogP contribution in [0.15, 0.2) is 18.2 Å². The number of phenolic OH excluding ortho intramolecular Hbond substituents is 2. The first-order chi connectivity index (χ1) is 13.3. The SMILES string of the molecule is CC(C)NCC(O)c1ccc(O)c(O)c1.O=C(O)[C@@H]1CCCC2NCCCC21. The van der Waals surface area contributed by atoms with Crippen LogP contribution in [0, 0.1) is 11.8 Å². The molecular formula is C21H34N2O5. The van der Waals surface area contributed by atoms with Crippen LogP contribution in [0.5, 0.6) is 11.5 Å². The number of nitrogens with one attached hydrogen (secondary N) is 2. The Labute approximate surface area is 166 Å². The zero-order valence-electron chi connectivity index (χ0n) is 16.8. The van der Waals surface area contributed by atoms with Crippen LogP contribution in [0.25, 0.3) is 0 Å². The predicted octanol–water partition coefficient (Wildman–Crippen LogP) is 2.37. The summed E-state index contributed by atoms with van der Waals surface area (Å²) < 4.78 is 0. The van der Waals surface area contributed by atoms with Crippen molar-refractivity contribution in [1.29, 1.82) is 0 Å². The van der Waals surface area contributed by atoms with Crippen molar-refractivity contribution in [3.8, 4) is 11.5 Å². The molecule has 1 heterocycles. The van der Waals surface area contributed by atoms with E-state index in [4.69, 9.17) is 10.2 Å². The lowest BCUT2D eigenvalue weighted by molar-refractivity contribution is -0.146. The number of piperidine rings is 1. The van der Waals surface area contributed by atoms with Gasteiger partial charge in [-0.25, -0.2) is 0 Å². The van der Waals surface area contributed by atoms with Crippen molar-refractivity contribution in [2.45, 2.75) is 64.1 Å². The predicted molar refractivity (Wildman–Crippen MR) is 107 cm³/mol. The van der Waals surface area contributed by atoms with Crippen molar-refractivity contribution in [3.63, 3.8) is 0 Å². The molecule has 1 saturated heterocycles. The minimum absolute atomic E-state index is 0.0773. The molecule has 2 fully saturated rings. The average molecular weight is 395 g/mol. The Bertz CT molecular complexity index is 635.